The number of unbranched alkanes of at least 4 members (excludes halogenated alkanes) is 13. The van der Waals surface area contributed by atoms with Crippen LogP contribution < -0.4 is 16.0 Å². The molecule has 0 spiro atoms. The molecule has 2 fully saturated rings. The number of hydrogen-bond acceptors (Lipinski definition) is 19. The van der Waals surface area contributed by atoms with Gasteiger partial charge < -0.3 is 49.3 Å². The summed E-state index contributed by atoms with van der Waals surface area (Å²) < 4.78 is 33.6. The number of pyridine rings is 1. The Labute approximate surface area is 548 Å². The highest BCUT2D eigenvalue weighted by Crippen LogP contribution is 2.50. The predicted molar refractivity (Wildman–Crippen MR) is 346 cm³/mol. The Morgan fingerprint density at radius 3 is 1.97 bits per heavy atom. The smallest absolute Gasteiger partial charge is 0.328 e. The fourth-order valence-electron chi connectivity index (χ4n) is 11.1. The van der Waals surface area contributed by atoms with Crippen molar-refractivity contribution in [2.45, 2.75) is 180 Å². The number of likely N-dealkylation sites (tertiary alicyclic amines) is 1. The van der Waals surface area contributed by atoms with Crippen molar-refractivity contribution in [3.8, 4) is 11.1 Å². The van der Waals surface area contributed by atoms with Crippen molar-refractivity contribution in [2.24, 2.45) is 11.8 Å². The molecule has 1 saturated heterocycles. The summed E-state index contributed by atoms with van der Waals surface area (Å²) in [6, 6.07) is 7.59. The number of carbonyl (C=O) groups is 9. The van der Waals surface area contributed by atoms with Gasteiger partial charge in [-0.3, -0.25) is 43.0 Å². The van der Waals surface area contributed by atoms with E-state index in [-0.39, 0.29) is 149 Å². The van der Waals surface area contributed by atoms with Gasteiger partial charge in [0.05, 0.1) is 52.8 Å². The summed E-state index contributed by atoms with van der Waals surface area (Å²) in [6.07, 6.45) is 22.2. The van der Waals surface area contributed by atoms with Crippen LogP contribution in [0.3, 0.4) is 0 Å². The van der Waals surface area contributed by atoms with E-state index in [1.807, 2.05) is 25.1 Å². The summed E-state index contributed by atoms with van der Waals surface area (Å²) in [4.78, 5) is 129. The van der Waals surface area contributed by atoms with Gasteiger partial charge in [0.15, 0.2) is 11.6 Å². The number of benzene rings is 1. The monoisotopic (exact) mass is 1340 g/mol. The summed E-state index contributed by atoms with van der Waals surface area (Å²) in [5.74, 6) is -1.00. The van der Waals surface area contributed by atoms with Gasteiger partial charge in [-0.25, -0.2) is 19.7 Å². The zero-order valence-corrected chi connectivity index (χ0v) is 55.7. The Morgan fingerprint density at radius 1 is 0.663 bits per heavy atom. The van der Waals surface area contributed by atoms with Crippen LogP contribution in [0.2, 0.25) is 0 Å². The topological polar surface area (TPSA) is 305 Å². The first-order chi connectivity index (χ1) is 44.5. The number of nitrogens with zero attached hydrogens (tertiary/aromatic N) is 6. The molecule has 2 aliphatic rings. The van der Waals surface area contributed by atoms with Crippen LogP contribution in [0.15, 0.2) is 47.3 Å². The molecule has 1 aliphatic heterocycles. The number of hydrogen-bond donors (Lipinski definition) is 3. The Hall–Kier alpha value is -6.93. The van der Waals surface area contributed by atoms with Crippen molar-refractivity contribution in [1.29, 1.82) is 0 Å². The number of fused-ring (bicyclic) bond motifs is 2. The second-order valence-electron chi connectivity index (χ2n) is 23.7. The van der Waals surface area contributed by atoms with Gasteiger partial charge in [-0.1, -0.05) is 89.2 Å². The molecule has 4 amide bonds. The molecule has 25 heteroatoms. The lowest BCUT2D eigenvalue weighted by atomic mass is 10.0. The highest BCUT2D eigenvalue weighted by molar-refractivity contribution is 9.10. The van der Waals surface area contributed by atoms with Crippen LogP contribution in [0.25, 0.3) is 22.0 Å². The SMILES string of the molecule is COC(=O)CCCCCCCCCCCCCCCCC(=O)N[C@@H](CCC(=O)CCCOCCOCC(=O)NCCOCCOCC(=O)CCc1ncc(-c2ccc3c(c2)c(C(C)=O)nn3CC(=O)N2C[C@H]3C[C@H]3[C@H]2C(=O)Nc2nc(Br)ccc2C)cn1)C(=O)OC. The molecule has 1 aliphatic carbocycles. The minimum absolute atomic E-state index is 0.0511. The number of anilines is 1. The number of methoxy groups -OCH3 is 2. The number of aromatic nitrogens is 5. The number of Topliss-reactive ketones (excluding diaryl/α,β-unsaturated/α-hetero) is 3. The number of rotatable bonds is 48. The molecule has 3 aromatic heterocycles. The molecule has 0 unspecified atom stereocenters. The van der Waals surface area contributed by atoms with E-state index < -0.39 is 18.1 Å². The van der Waals surface area contributed by atoms with E-state index in [0.29, 0.717) is 71.5 Å². The van der Waals surface area contributed by atoms with Gasteiger partial charge in [0.1, 0.15) is 59.6 Å². The van der Waals surface area contributed by atoms with E-state index in [1.54, 1.807) is 29.4 Å². The number of ketones is 3. The standard InChI is InChI=1S/C67H94BrN9O15/c1-46-23-29-57(68)73-65(46)74-66(85)64-53-39-49(53)42-76(64)61(83)43-77-56-28-24-48(38-54(56)63(75-77)47(2)78)50-40-70-58(71-41-50)30-26-52(80)44-91-36-35-90-33-31-69-60(82)45-92-37-34-89-32-19-20-51(79)25-27-55(67(86)88-4)72-59(81)21-17-15-13-11-9-7-5-6-8-10-12-14-16-18-22-62(84)87-3/h23-24,28-29,38,40-41,49,53,55,64H,5-22,25-27,30-37,39,42-45H2,1-4H3,(H,69,82)(H,72,81)(H,73,74,85)/t49-,53-,55+,64+/m1/s1. The number of esters is 2. The zero-order chi connectivity index (χ0) is 66.0. The highest BCUT2D eigenvalue weighted by Gasteiger charge is 2.57. The van der Waals surface area contributed by atoms with Gasteiger partial charge >= 0.3 is 11.9 Å². The van der Waals surface area contributed by atoms with Gasteiger partial charge in [0, 0.05) is 88.5 Å². The number of aryl methyl sites for hydroxylation is 2. The summed E-state index contributed by atoms with van der Waals surface area (Å²) in [6.45, 7) is 4.95. The fourth-order valence-corrected chi connectivity index (χ4v) is 11.4. The van der Waals surface area contributed by atoms with Crippen molar-refractivity contribution in [3.05, 3.63) is 64.4 Å². The molecule has 4 atom stereocenters. The third-order valence-corrected chi connectivity index (χ3v) is 16.9. The minimum atomic E-state index is -0.880. The zero-order valence-electron chi connectivity index (χ0n) is 54.1. The molecular weight excluding hydrogens is 1250 g/mol. The van der Waals surface area contributed by atoms with Crippen molar-refractivity contribution in [3.63, 3.8) is 0 Å². The van der Waals surface area contributed by atoms with Crippen LogP contribution in [0.4, 0.5) is 5.82 Å². The molecule has 24 nitrogen and oxygen atoms in total. The Balaban J connectivity index is 0.730. The minimum Gasteiger partial charge on any atom is -0.469 e. The fraction of sp³-hybridized carbons (Fsp3) is 0.627. The number of piperidine rings is 1. The van der Waals surface area contributed by atoms with Gasteiger partial charge in [-0.2, -0.15) is 5.10 Å². The normalized spacial score (nSPS) is 15.2. The van der Waals surface area contributed by atoms with Gasteiger partial charge in [-0.05, 0) is 96.1 Å². The molecule has 0 radical (unpaired) electrons. The summed E-state index contributed by atoms with van der Waals surface area (Å²) in [7, 11) is 2.69. The molecule has 4 aromatic rings. The predicted octanol–water partition coefficient (Wildman–Crippen LogP) is 8.53. The first-order valence-corrected chi connectivity index (χ1v) is 33.5. The Kier molecular flexibility index (Phi) is 33.0. The summed E-state index contributed by atoms with van der Waals surface area (Å²) in [5.41, 5.74) is 3.02. The second-order valence-corrected chi connectivity index (χ2v) is 24.5. The average molecular weight is 1350 g/mol. The van der Waals surface area contributed by atoms with Crippen LogP contribution in [-0.4, -0.2) is 175 Å². The third kappa shape index (κ3) is 26.2. The lowest BCUT2D eigenvalue weighted by molar-refractivity contribution is -0.145. The van der Waals surface area contributed by atoms with E-state index in [2.05, 4.69) is 56.7 Å². The van der Waals surface area contributed by atoms with Crippen molar-refractivity contribution in [1.82, 2.24) is 40.3 Å². The van der Waals surface area contributed by atoms with E-state index in [9.17, 15) is 43.2 Å². The first kappa shape index (κ1) is 74.1. The molecule has 92 heavy (non-hydrogen) atoms. The molecule has 6 rings (SSSR count). The van der Waals surface area contributed by atoms with Crippen LogP contribution >= 0.6 is 15.9 Å². The van der Waals surface area contributed by atoms with E-state index >= 15 is 0 Å². The quantitative estimate of drug-likeness (QED) is 0.0161. The van der Waals surface area contributed by atoms with E-state index in [4.69, 9.17) is 23.7 Å². The summed E-state index contributed by atoms with van der Waals surface area (Å²) in [5, 5.41) is 13.5. The van der Waals surface area contributed by atoms with Crippen LogP contribution in [0, 0.1) is 18.8 Å². The molecule has 504 valence electrons. The lowest BCUT2D eigenvalue weighted by Gasteiger charge is -2.27. The Bertz CT molecular complexity index is 3050. The summed E-state index contributed by atoms with van der Waals surface area (Å²) >= 11 is 3.36. The largest absolute Gasteiger partial charge is 0.469 e. The van der Waals surface area contributed by atoms with Crippen molar-refractivity contribution >= 4 is 85.6 Å². The molecule has 4 heterocycles. The lowest BCUT2D eigenvalue weighted by Crippen LogP contribution is -2.47. The maximum atomic E-state index is 13.9. The third-order valence-electron chi connectivity index (χ3n) is 16.4. The average Bonchev–Trinajstić information content (AvgIpc) is 1.59. The number of amides is 4. The number of ether oxygens (including phenoxy) is 6. The van der Waals surface area contributed by atoms with E-state index in [1.165, 1.54) is 77.2 Å². The maximum Gasteiger partial charge on any atom is 0.328 e. The maximum absolute atomic E-state index is 13.9. The number of nitrogens with one attached hydrogen (secondary N) is 3. The molecule has 1 saturated carbocycles. The molecule has 3 N–H and O–H groups in total. The van der Waals surface area contributed by atoms with Crippen LogP contribution in [0.1, 0.15) is 170 Å². The number of halogens is 1. The molecule has 1 aromatic carbocycles. The van der Waals surface area contributed by atoms with E-state index in [0.717, 1.165) is 56.1 Å². The van der Waals surface area contributed by atoms with Gasteiger partial charge in [-0.15, -0.1) is 0 Å². The van der Waals surface area contributed by atoms with Crippen molar-refractivity contribution < 1.29 is 71.6 Å². The molecular formula is C67H94BrN9O15. The van der Waals surface area contributed by atoms with Gasteiger partial charge in [0.2, 0.25) is 23.6 Å². The molecule has 0 bridgehead atoms. The van der Waals surface area contributed by atoms with Crippen LogP contribution in [0.5, 0.6) is 0 Å². The Morgan fingerprint density at radius 2 is 1.30 bits per heavy atom. The van der Waals surface area contributed by atoms with Gasteiger partial charge in [0.25, 0.3) is 0 Å². The number of carbonyl (C=O) groups excluding carboxylic acids is 9. The van der Waals surface area contributed by atoms with Crippen LogP contribution in [-0.2, 0) is 79.7 Å². The second kappa shape index (κ2) is 40.9. The highest BCUT2D eigenvalue weighted by atomic mass is 79.9. The van der Waals surface area contributed by atoms with Crippen molar-refractivity contribution in [2.75, 3.05) is 85.5 Å². The first-order valence-electron chi connectivity index (χ1n) is 32.7.